The predicted octanol–water partition coefficient (Wildman–Crippen LogP) is 2.19. The van der Waals surface area contributed by atoms with Crippen LogP contribution in [0.25, 0.3) is 0 Å². The number of rotatable bonds is 6. The highest BCUT2D eigenvalue weighted by atomic mass is 127. The van der Waals surface area contributed by atoms with Gasteiger partial charge in [0.2, 0.25) is 5.91 Å². The van der Waals surface area contributed by atoms with E-state index in [2.05, 4.69) is 42.2 Å². The summed E-state index contributed by atoms with van der Waals surface area (Å²) in [5.41, 5.74) is 1.19. The van der Waals surface area contributed by atoms with Crippen molar-refractivity contribution in [3.8, 4) is 0 Å². The summed E-state index contributed by atoms with van der Waals surface area (Å²) in [4.78, 5) is 17.8. The van der Waals surface area contributed by atoms with Crippen LogP contribution in [0, 0.1) is 5.92 Å². The maximum Gasteiger partial charge on any atom is 0.222 e. The first-order chi connectivity index (χ1) is 10.3. The summed E-state index contributed by atoms with van der Waals surface area (Å²) in [6.07, 6.45) is 2.03. The SMILES string of the molecule is CN=C(NCCNC(=O)C(C)C)N(C)Cc1cc(Br)cn1C.I. The molecule has 23 heavy (non-hydrogen) atoms. The van der Waals surface area contributed by atoms with Gasteiger partial charge in [-0.25, -0.2) is 0 Å². The smallest absolute Gasteiger partial charge is 0.222 e. The van der Waals surface area contributed by atoms with Gasteiger partial charge < -0.3 is 20.1 Å². The maximum absolute atomic E-state index is 11.5. The Morgan fingerprint density at radius 1 is 1.39 bits per heavy atom. The summed E-state index contributed by atoms with van der Waals surface area (Å²) in [7, 11) is 5.76. The van der Waals surface area contributed by atoms with Gasteiger partial charge in [0, 0.05) is 56.5 Å². The van der Waals surface area contributed by atoms with Gasteiger partial charge in [-0.3, -0.25) is 9.79 Å². The third kappa shape index (κ3) is 7.56. The van der Waals surface area contributed by atoms with Crippen LogP contribution in [0.1, 0.15) is 19.5 Å². The van der Waals surface area contributed by atoms with E-state index in [4.69, 9.17) is 0 Å². The van der Waals surface area contributed by atoms with E-state index in [-0.39, 0.29) is 35.8 Å². The van der Waals surface area contributed by atoms with Crippen LogP contribution in [-0.4, -0.2) is 48.5 Å². The minimum absolute atomic E-state index is 0. The van der Waals surface area contributed by atoms with E-state index in [0.717, 1.165) is 17.0 Å². The van der Waals surface area contributed by atoms with Gasteiger partial charge in [0.1, 0.15) is 0 Å². The molecule has 2 N–H and O–H groups in total. The standard InChI is InChI=1S/C15H26BrN5O.HI/c1-11(2)14(22)18-6-7-19-15(17-3)21(5)10-13-8-12(16)9-20(13)4;/h8-9,11H,6-7,10H2,1-5H3,(H,17,19)(H,18,22);1H. The van der Waals surface area contributed by atoms with E-state index in [1.807, 2.05) is 39.0 Å². The van der Waals surface area contributed by atoms with E-state index >= 15 is 0 Å². The number of nitrogens with one attached hydrogen (secondary N) is 2. The maximum atomic E-state index is 11.5. The number of carbonyl (C=O) groups is 1. The van der Waals surface area contributed by atoms with Crippen molar-refractivity contribution in [1.82, 2.24) is 20.1 Å². The zero-order chi connectivity index (χ0) is 16.7. The van der Waals surface area contributed by atoms with E-state index in [0.29, 0.717) is 13.1 Å². The second kappa shape index (κ2) is 10.9. The van der Waals surface area contributed by atoms with E-state index in [1.165, 1.54) is 5.69 Å². The molecular formula is C15H27BrIN5O. The van der Waals surface area contributed by atoms with E-state index < -0.39 is 0 Å². The fourth-order valence-corrected chi connectivity index (χ4v) is 2.56. The lowest BCUT2D eigenvalue weighted by atomic mass is 10.2. The van der Waals surface area contributed by atoms with Crippen molar-refractivity contribution in [3.63, 3.8) is 0 Å². The number of hydrogen-bond donors (Lipinski definition) is 2. The van der Waals surface area contributed by atoms with Gasteiger partial charge in [-0.2, -0.15) is 0 Å². The van der Waals surface area contributed by atoms with Crippen LogP contribution in [0.5, 0.6) is 0 Å². The molecular weight excluding hydrogens is 473 g/mol. The lowest BCUT2D eigenvalue weighted by Gasteiger charge is -2.22. The van der Waals surface area contributed by atoms with Crippen molar-refractivity contribution in [1.29, 1.82) is 0 Å². The molecule has 0 bridgehead atoms. The van der Waals surface area contributed by atoms with Crippen molar-refractivity contribution in [2.24, 2.45) is 18.0 Å². The average molecular weight is 500 g/mol. The minimum Gasteiger partial charge on any atom is -0.354 e. The van der Waals surface area contributed by atoms with Crippen molar-refractivity contribution in [2.75, 3.05) is 27.2 Å². The molecule has 0 aliphatic carbocycles. The van der Waals surface area contributed by atoms with Crippen LogP contribution in [0.4, 0.5) is 0 Å². The van der Waals surface area contributed by atoms with Gasteiger partial charge in [0.15, 0.2) is 5.96 Å². The number of aromatic nitrogens is 1. The molecule has 1 aromatic heterocycles. The zero-order valence-corrected chi connectivity index (χ0v) is 18.3. The highest BCUT2D eigenvalue weighted by Gasteiger charge is 2.10. The number of aliphatic imine (C=N–C) groups is 1. The number of guanidine groups is 1. The fraction of sp³-hybridized carbons (Fsp3) is 0.600. The van der Waals surface area contributed by atoms with Gasteiger partial charge in [0.05, 0.1) is 6.54 Å². The summed E-state index contributed by atoms with van der Waals surface area (Å²) in [5, 5.41) is 6.13. The monoisotopic (exact) mass is 499 g/mol. The first-order valence-electron chi connectivity index (χ1n) is 7.35. The van der Waals surface area contributed by atoms with Crippen LogP contribution in [0.15, 0.2) is 21.7 Å². The fourth-order valence-electron chi connectivity index (χ4n) is 1.99. The molecule has 0 unspecified atom stereocenters. The summed E-state index contributed by atoms with van der Waals surface area (Å²) >= 11 is 3.48. The number of nitrogens with zero attached hydrogens (tertiary/aromatic N) is 3. The molecule has 1 rings (SSSR count). The molecule has 0 fully saturated rings. The van der Waals surface area contributed by atoms with Gasteiger partial charge in [-0.05, 0) is 22.0 Å². The predicted molar refractivity (Wildman–Crippen MR) is 109 cm³/mol. The normalized spacial score (nSPS) is 11.2. The summed E-state index contributed by atoms with van der Waals surface area (Å²) < 4.78 is 3.15. The van der Waals surface area contributed by atoms with Gasteiger partial charge in [-0.1, -0.05) is 13.8 Å². The third-order valence-corrected chi connectivity index (χ3v) is 3.71. The molecule has 0 aliphatic heterocycles. The highest BCUT2D eigenvalue weighted by molar-refractivity contribution is 14.0. The zero-order valence-electron chi connectivity index (χ0n) is 14.4. The Morgan fingerprint density at radius 2 is 2.00 bits per heavy atom. The van der Waals surface area contributed by atoms with E-state index in [9.17, 15) is 4.79 Å². The molecule has 0 saturated heterocycles. The second-order valence-corrected chi connectivity index (χ2v) is 6.45. The molecule has 0 aromatic carbocycles. The molecule has 8 heteroatoms. The molecule has 1 heterocycles. The number of carbonyl (C=O) groups excluding carboxylic acids is 1. The second-order valence-electron chi connectivity index (χ2n) is 5.54. The molecule has 0 spiro atoms. The first-order valence-corrected chi connectivity index (χ1v) is 8.14. The van der Waals surface area contributed by atoms with Crippen LogP contribution in [0.2, 0.25) is 0 Å². The largest absolute Gasteiger partial charge is 0.354 e. The van der Waals surface area contributed by atoms with Crippen LogP contribution in [0.3, 0.4) is 0 Å². The molecule has 132 valence electrons. The lowest BCUT2D eigenvalue weighted by molar-refractivity contribution is -0.123. The van der Waals surface area contributed by atoms with Crippen molar-refractivity contribution < 1.29 is 4.79 Å². The number of halogens is 2. The Labute approximate surface area is 164 Å². The molecule has 0 radical (unpaired) electrons. The lowest BCUT2D eigenvalue weighted by Crippen LogP contribution is -2.42. The van der Waals surface area contributed by atoms with Gasteiger partial charge in [-0.15, -0.1) is 24.0 Å². The molecule has 0 atom stereocenters. The Bertz CT molecular complexity index is 530. The van der Waals surface area contributed by atoms with Gasteiger partial charge >= 0.3 is 0 Å². The van der Waals surface area contributed by atoms with Crippen LogP contribution < -0.4 is 10.6 Å². The first kappa shape index (κ1) is 22.2. The Balaban J connectivity index is 0.00000484. The Morgan fingerprint density at radius 3 is 2.48 bits per heavy atom. The van der Waals surface area contributed by atoms with Crippen molar-refractivity contribution in [2.45, 2.75) is 20.4 Å². The number of aryl methyl sites for hydroxylation is 1. The van der Waals surface area contributed by atoms with Crippen LogP contribution >= 0.6 is 39.9 Å². The van der Waals surface area contributed by atoms with E-state index in [1.54, 1.807) is 7.05 Å². The van der Waals surface area contributed by atoms with Crippen LogP contribution in [-0.2, 0) is 18.4 Å². The van der Waals surface area contributed by atoms with Crippen molar-refractivity contribution in [3.05, 3.63) is 22.4 Å². The molecule has 1 amide bonds. The minimum atomic E-state index is 0. The highest BCUT2D eigenvalue weighted by Crippen LogP contribution is 2.14. The molecule has 0 aliphatic rings. The Hall–Kier alpha value is -0.770. The topological polar surface area (TPSA) is 61.7 Å². The molecule has 0 saturated carbocycles. The number of amides is 1. The van der Waals surface area contributed by atoms with Crippen molar-refractivity contribution >= 4 is 51.8 Å². The van der Waals surface area contributed by atoms with Gasteiger partial charge in [0.25, 0.3) is 0 Å². The average Bonchev–Trinajstić information content (AvgIpc) is 2.76. The number of hydrogen-bond acceptors (Lipinski definition) is 2. The Kier molecular flexibility index (Phi) is 10.5. The summed E-state index contributed by atoms with van der Waals surface area (Å²) in [6.45, 7) is 5.74. The third-order valence-electron chi connectivity index (χ3n) is 3.28. The summed E-state index contributed by atoms with van der Waals surface area (Å²) in [5.74, 6) is 0.882. The molecule has 6 nitrogen and oxygen atoms in total. The quantitative estimate of drug-likeness (QED) is 0.273. The molecule has 1 aromatic rings. The summed E-state index contributed by atoms with van der Waals surface area (Å²) in [6, 6.07) is 2.09.